The third kappa shape index (κ3) is 1.41. The van der Waals surface area contributed by atoms with Crippen LogP contribution in [-0.4, -0.2) is 5.71 Å². The molecule has 0 saturated carbocycles. The van der Waals surface area contributed by atoms with Crippen molar-refractivity contribution in [3.8, 4) is 6.07 Å². The highest BCUT2D eigenvalue weighted by Gasteiger charge is 2.34. The minimum Gasteiger partial charge on any atom is -0.256 e. The molecule has 1 aliphatic heterocycles. The highest BCUT2D eigenvalue weighted by molar-refractivity contribution is 9.11. The summed E-state index contributed by atoms with van der Waals surface area (Å²) in [5.41, 5.74) is 3.53. The molecule has 16 heavy (non-hydrogen) atoms. The Bertz CT molecular complexity index is 503. The van der Waals surface area contributed by atoms with E-state index in [1.54, 1.807) is 0 Å². The number of fused-ring (bicyclic) bond motifs is 2. The average molecular weight is 275 g/mol. The third-order valence-electron chi connectivity index (χ3n) is 3.44. The number of nitrogens with zero attached hydrogens (tertiary/aromatic N) is 2. The van der Waals surface area contributed by atoms with E-state index in [0.29, 0.717) is 5.92 Å². The Labute approximate surface area is 103 Å². The van der Waals surface area contributed by atoms with Crippen LogP contribution in [0.15, 0.2) is 39.0 Å². The van der Waals surface area contributed by atoms with Crippen LogP contribution in [0.4, 0.5) is 0 Å². The van der Waals surface area contributed by atoms with E-state index in [0.717, 1.165) is 35.2 Å². The van der Waals surface area contributed by atoms with E-state index in [9.17, 15) is 0 Å². The molecule has 3 heteroatoms. The van der Waals surface area contributed by atoms with E-state index in [-0.39, 0.29) is 5.92 Å². The van der Waals surface area contributed by atoms with Crippen LogP contribution < -0.4 is 0 Å². The van der Waals surface area contributed by atoms with Crippen LogP contribution in [0.2, 0.25) is 0 Å². The number of rotatable bonds is 0. The van der Waals surface area contributed by atoms with Gasteiger partial charge in [0.25, 0.3) is 0 Å². The molecule has 80 valence electrons. The molecule has 0 radical (unpaired) electrons. The molecular formula is C13H11BrN2. The molecule has 0 aromatic heterocycles. The summed E-state index contributed by atoms with van der Waals surface area (Å²) in [5, 5.41) is 9.13. The summed E-state index contributed by atoms with van der Waals surface area (Å²) in [6.45, 7) is 0. The predicted octanol–water partition coefficient (Wildman–Crippen LogP) is 3.48. The summed E-state index contributed by atoms with van der Waals surface area (Å²) in [5.74, 6) is 0.341. The molecule has 0 bridgehead atoms. The minimum atomic E-state index is 0.0161. The Kier molecular flexibility index (Phi) is 2.33. The molecule has 1 heterocycles. The molecule has 0 unspecified atom stereocenters. The fourth-order valence-electron chi connectivity index (χ4n) is 2.67. The summed E-state index contributed by atoms with van der Waals surface area (Å²) in [7, 11) is 0. The molecule has 0 aromatic rings. The Morgan fingerprint density at radius 2 is 2.31 bits per heavy atom. The number of aliphatic imine (C=N–C) groups is 1. The van der Waals surface area contributed by atoms with Gasteiger partial charge in [0.2, 0.25) is 0 Å². The minimum absolute atomic E-state index is 0.0161. The van der Waals surface area contributed by atoms with Gasteiger partial charge in [-0.3, -0.25) is 4.99 Å². The second-order valence-corrected chi connectivity index (χ2v) is 5.30. The first-order chi connectivity index (χ1) is 7.79. The van der Waals surface area contributed by atoms with Crippen molar-refractivity contribution in [3.63, 3.8) is 0 Å². The van der Waals surface area contributed by atoms with Gasteiger partial charge in [-0.2, -0.15) is 5.26 Å². The number of halogens is 1. The summed E-state index contributed by atoms with van der Waals surface area (Å²) in [4.78, 5) is 4.64. The van der Waals surface area contributed by atoms with Crippen molar-refractivity contribution < 1.29 is 0 Å². The van der Waals surface area contributed by atoms with Gasteiger partial charge in [0.1, 0.15) is 0 Å². The zero-order chi connectivity index (χ0) is 11.1. The molecule has 2 atom stereocenters. The van der Waals surface area contributed by atoms with Gasteiger partial charge >= 0.3 is 0 Å². The van der Waals surface area contributed by atoms with Crippen LogP contribution in [0.3, 0.4) is 0 Å². The Morgan fingerprint density at radius 1 is 1.44 bits per heavy atom. The SMILES string of the molecule is N#C[C@@H]1CCCC2=C1N=C1C=CC(Br)=C[C@@H]12. The summed E-state index contributed by atoms with van der Waals surface area (Å²) >= 11 is 3.51. The Balaban J connectivity index is 2.06. The van der Waals surface area contributed by atoms with Gasteiger partial charge < -0.3 is 0 Å². The topological polar surface area (TPSA) is 36.1 Å². The van der Waals surface area contributed by atoms with E-state index in [2.05, 4.69) is 39.1 Å². The molecule has 2 aliphatic carbocycles. The van der Waals surface area contributed by atoms with Crippen LogP contribution >= 0.6 is 15.9 Å². The number of allylic oxidation sites excluding steroid dienone is 6. The van der Waals surface area contributed by atoms with E-state index in [1.807, 2.05) is 6.08 Å². The first-order valence-corrected chi connectivity index (χ1v) is 6.35. The maximum atomic E-state index is 9.13. The van der Waals surface area contributed by atoms with Gasteiger partial charge in [-0.15, -0.1) is 0 Å². The van der Waals surface area contributed by atoms with E-state index >= 15 is 0 Å². The summed E-state index contributed by atoms with van der Waals surface area (Å²) in [6, 6.07) is 2.37. The molecule has 0 N–H and O–H groups in total. The molecule has 0 spiro atoms. The Morgan fingerprint density at radius 3 is 3.12 bits per heavy atom. The largest absolute Gasteiger partial charge is 0.256 e. The van der Waals surface area contributed by atoms with Crippen molar-refractivity contribution in [3.05, 3.63) is 34.0 Å². The quantitative estimate of drug-likeness (QED) is 0.666. The molecule has 2 nitrogen and oxygen atoms in total. The van der Waals surface area contributed by atoms with E-state index < -0.39 is 0 Å². The van der Waals surface area contributed by atoms with E-state index in [4.69, 9.17) is 5.26 Å². The first-order valence-electron chi connectivity index (χ1n) is 5.56. The smallest absolute Gasteiger partial charge is 0.0884 e. The van der Waals surface area contributed by atoms with Crippen LogP contribution in [0.1, 0.15) is 19.3 Å². The van der Waals surface area contributed by atoms with Crippen molar-refractivity contribution in [2.45, 2.75) is 19.3 Å². The van der Waals surface area contributed by atoms with Gasteiger partial charge in [0.05, 0.1) is 23.4 Å². The number of hydrogen-bond acceptors (Lipinski definition) is 2. The fourth-order valence-corrected chi connectivity index (χ4v) is 3.07. The molecule has 3 aliphatic rings. The maximum absolute atomic E-state index is 9.13. The number of nitriles is 1. The third-order valence-corrected chi connectivity index (χ3v) is 3.97. The zero-order valence-electron chi connectivity index (χ0n) is 8.78. The van der Waals surface area contributed by atoms with Gasteiger partial charge in [0.15, 0.2) is 0 Å². The molecule has 3 rings (SSSR count). The van der Waals surface area contributed by atoms with Crippen LogP contribution in [0.25, 0.3) is 0 Å². The van der Waals surface area contributed by atoms with Crippen LogP contribution in [0, 0.1) is 23.2 Å². The van der Waals surface area contributed by atoms with Gasteiger partial charge in [-0.25, -0.2) is 0 Å². The lowest BCUT2D eigenvalue weighted by Gasteiger charge is -2.21. The molecule has 0 fully saturated rings. The van der Waals surface area contributed by atoms with Crippen molar-refractivity contribution in [2.24, 2.45) is 16.8 Å². The van der Waals surface area contributed by atoms with Crippen molar-refractivity contribution >= 4 is 21.6 Å². The first kappa shape index (κ1) is 10.0. The van der Waals surface area contributed by atoms with Gasteiger partial charge in [-0.05, 0) is 37.0 Å². The lowest BCUT2D eigenvalue weighted by atomic mass is 9.82. The molecule has 0 amide bonds. The lowest BCUT2D eigenvalue weighted by molar-refractivity contribution is 0.576. The predicted molar refractivity (Wildman–Crippen MR) is 67.1 cm³/mol. The molecule has 0 aromatic carbocycles. The molecular weight excluding hydrogens is 264 g/mol. The summed E-state index contributed by atoms with van der Waals surface area (Å²) in [6.07, 6.45) is 9.45. The highest BCUT2D eigenvalue weighted by Crippen LogP contribution is 2.42. The van der Waals surface area contributed by atoms with Gasteiger partial charge in [-0.1, -0.05) is 22.0 Å². The van der Waals surface area contributed by atoms with E-state index in [1.165, 1.54) is 5.57 Å². The van der Waals surface area contributed by atoms with Gasteiger partial charge in [0, 0.05) is 10.4 Å². The monoisotopic (exact) mass is 274 g/mol. The van der Waals surface area contributed by atoms with Crippen LogP contribution in [0.5, 0.6) is 0 Å². The molecule has 0 saturated heterocycles. The number of hydrogen-bond donors (Lipinski definition) is 0. The van der Waals surface area contributed by atoms with Crippen molar-refractivity contribution in [1.29, 1.82) is 5.26 Å². The highest BCUT2D eigenvalue weighted by atomic mass is 79.9. The standard InChI is InChI=1S/C13H11BrN2/c14-9-4-5-12-11(6-9)10-3-1-2-8(7-15)13(10)16-12/h4-6,8,11H,1-3H2/t8-,11+/m0/s1. The maximum Gasteiger partial charge on any atom is 0.0884 e. The fraction of sp³-hybridized carbons (Fsp3) is 0.385. The second kappa shape index (κ2) is 3.71. The zero-order valence-corrected chi connectivity index (χ0v) is 10.4. The summed E-state index contributed by atoms with van der Waals surface area (Å²) < 4.78 is 1.12. The van der Waals surface area contributed by atoms with Crippen LogP contribution in [-0.2, 0) is 0 Å². The van der Waals surface area contributed by atoms with Crippen molar-refractivity contribution in [2.75, 3.05) is 0 Å². The lowest BCUT2D eigenvalue weighted by Crippen LogP contribution is -2.14. The second-order valence-electron chi connectivity index (χ2n) is 4.38. The van der Waals surface area contributed by atoms with Crippen molar-refractivity contribution in [1.82, 2.24) is 0 Å². The average Bonchev–Trinajstić information content (AvgIpc) is 2.67. The normalized spacial score (nSPS) is 31.5. The Hall–Kier alpha value is -1.14.